The Hall–Kier alpha value is -2.87. The molecule has 0 amide bonds. The molecule has 4 aromatic rings. The van der Waals surface area contributed by atoms with Crippen molar-refractivity contribution in [2.75, 3.05) is 11.9 Å². The molecule has 2 heterocycles. The normalized spacial score (nSPS) is 12.7. The number of hydrogen-bond acceptors (Lipinski definition) is 2. The standard InChI is InChI=1S/C21H16N2/c1-13-10-11-17-16(12-13)14-7-5-9-19-20(14)21(22-17)15-6-3-4-8-18(15)23(19)2/h3-12H,1-2H3. The van der Waals surface area contributed by atoms with Crippen LogP contribution in [0.5, 0.6) is 0 Å². The average Bonchev–Trinajstić information content (AvgIpc) is 2.59. The van der Waals surface area contributed by atoms with E-state index in [9.17, 15) is 0 Å². The Bertz CT molecular complexity index is 1100. The van der Waals surface area contributed by atoms with E-state index in [4.69, 9.17) is 4.98 Å². The van der Waals surface area contributed by atoms with Gasteiger partial charge in [-0.05, 0) is 36.6 Å². The van der Waals surface area contributed by atoms with E-state index in [0.29, 0.717) is 0 Å². The Morgan fingerprint density at radius 2 is 1.65 bits per heavy atom. The molecule has 0 aliphatic carbocycles. The molecule has 0 N–H and O–H groups in total. The number of rotatable bonds is 0. The lowest BCUT2D eigenvalue weighted by Gasteiger charge is -2.30. The first-order valence-corrected chi connectivity index (χ1v) is 7.90. The molecular weight excluding hydrogens is 280 g/mol. The Kier molecular flexibility index (Phi) is 2.38. The predicted molar refractivity (Wildman–Crippen MR) is 97.5 cm³/mol. The van der Waals surface area contributed by atoms with Gasteiger partial charge in [-0.1, -0.05) is 42.0 Å². The van der Waals surface area contributed by atoms with Crippen molar-refractivity contribution >= 4 is 33.1 Å². The first kappa shape index (κ1) is 12.7. The highest BCUT2D eigenvalue weighted by Gasteiger charge is 2.24. The minimum Gasteiger partial charge on any atom is -0.343 e. The molecule has 1 aliphatic heterocycles. The Morgan fingerprint density at radius 1 is 0.826 bits per heavy atom. The summed E-state index contributed by atoms with van der Waals surface area (Å²) in [6, 6.07) is 21.6. The van der Waals surface area contributed by atoms with Gasteiger partial charge in [-0.15, -0.1) is 0 Å². The zero-order valence-electron chi connectivity index (χ0n) is 13.2. The molecule has 0 saturated heterocycles. The molecule has 0 atom stereocenters. The molecule has 2 nitrogen and oxygen atoms in total. The summed E-state index contributed by atoms with van der Waals surface area (Å²) >= 11 is 0. The van der Waals surface area contributed by atoms with Gasteiger partial charge >= 0.3 is 0 Å². The van der Waals surface area contributed by atoms with Gasteiger partial charge < -0.3 is 4.90 Å². The van der Waals surface area contributed by atoms with Gasteiger partial charge in [0.2, 0.25) is 0 Å². The van der Waals surface area contributed by atoms with Gasteiger partial charge in [-0.2, -0.15) is 0 Å². The summed E-state index contributed by atoms with van der Waals surface area (Å²) in [6.45, 7) is 2.14. The highest BCUT2D eigenvalue weighted by Crippen LogP contribution is 2.47. The largest absolute Gasteiger partial charge is 0.343 e. The molecular formula is C21H16N2. The summed E-state index contributed by atoms with van der Waals surface area (Å²) in [5.41, 5.74) is 7.08. The van der Waals surface area contributed by atoms with Crippen molar-refractivity contribution in [3.05, 3.63) is 66.2 Å². The summed E-state index contributed by atoms with van der Waals surface area (Å²) in [6.07, 6.45) is 0. The zero-order chi connectivity index (χ0) is 15.6. The lowest BCUT2D eigenvalue weighted by atomic mass is 9.93. The van der Waals surface area contributed by atoms with Crippen LogP contribution in [-0.4, -0.2) is 12.0 Å². The molecule has 1 aliphatic rings. The van der Waals surface area contributed by atoms with Crippen molar-refractivity contribution in [2.24, 2.45) is 0 Å². The van der Waals surface area contributed by atoms with E-state index in [1.165, 1.54) is 38.7 Å². The third kappa shape index (κ3) is 1.61. The molecule has 0 bridgehead atoms. The second-order valence-corrected chi connectivity index (χ2v) is 6.26. The SMILES string of the molecule is Cc1ccc2nc3c4c(cccc4c2c1)N(C)c1ccccc1-3. The number of aryl methyl sites for hydroxylation is 1. The quantitative estimate of drug-likeness (QED) is 0.401. The summed E-state index contributed by atoms with van der Waals surface area (Å²) in [7, 11) is 2.14. The molecule has 0 fully saturated rings. The van der Waals surface area contributed by atoms with Crippen LogP contribution >= 0.6 is 0 Å². The molecule has 23 heavy (non-hydrogen) atoms. The van der Waals surface area contributed by atoms with E-state index in [1.54, 1.807) is 0 Å². The number of anilines is 2. The van der Waals surface area contributed by atoms with E-state index in [1.807, 2.05) is 0 Å². The van der Waals surface area contributed by atoms with Gasteiger partial charge in [0, 0.05) is 23.4 Å². The van der Waals surface area contributed by atoms with Crippen LogP contribution < -0.4 is 4.90 Å². The number of nitrogens with zero attached hydrogens (tertiary/aromatic N) is 2. The number of fused-ring (bicyclic) bond motifs is 4. The number of aromatic nitrogens is 1. The molecule has 2 heteroatoms. The van der Waals surface area contributed by atoms with E-state index >= 15 is 0 Å². The van der Waals surface area contributed by atoms with Crippen molar-refractivity contribution in [1.29, 1.82) is 0 Å². The fourth-order valence-electron chi connectivity index (χ4n) is 3.72. The summed E-state index contributed by atoms with van der Waals surface area (Å²) < 4.78 is 0. The Balaban J connectivity index is 2.06. The van der Waals surface area contributed by atoms with Gasteiger partial charge in [0.25, 0.3) is 0 Å². The highest BCUT2D eigenvalue weighted by atomic mass is 15.1. The summed E-state index contributed by atoms with van der Waals surface area (Å²) in [4.78, 5) is 7.30. The van der Waals surface area contributed by atoms with Gasteiger partial charge in [0.15, 0.2) is 0 Å². The Morgan fingerprint density at radius 3 is 2.57 bits per heavy atom. The number of para-hydroxylation sites is 1. The maximum atomic E-state index is 5.02. The van der Waals surface area contributed by atoms with Crippen molar-refractivity contribution in [3.8, 4) is 11.3 Å². The second kappa shape index (κ2) is 4.32. The van der Waals surface area contributed by atoms with Crippen molar-refractivity contribution < 1.29 is 0 Å². The van der Waals surface area contributed by atoms with Crippen molar-refractivity contribution in [1.82, 2.24) is 4.98 Å². The smallest absolute Gasteiger partial charge is 0.0830 e. The van der Waals surface area contributed by atoms with Crippen LogP contribution in [0.1, 0.15) is 5.56 Å². The molecule has 5 rings (SSSR count). The van der Waals surface area contributed by atoms with E-state index in [2.05, 4.69) is 79.5 Å². The van der Waals surface area contributed by atoms with Gasteiger partial charge in [0.05, 0.1) is 22.6 Å². The van der Waals surface area contributed by atoms with E-state index < -0.39 is 0 Å². The molecule has 0 spiro atoms. The first-order chi connectivity index (χ1) is 11.2. The zero-order valence-corrected chi connectivity index (χ0v) is 13.2. The third-order valence-electron chi connectivity index (χ3n) is 4.84. The highest BCUT2D eigenvalue weighted by molar-refractivity contribution is 6.18. The van der Waals surface area contributed by atoms with Gasteiger partial charge in [0.1, 0.15) is 0 Å². The summed E-state index contributed by atoms with van der Waals surface area (Å²) in [5.74, 6) is 0. The lowest BCUT2D eigenvalue weighted by Crippen LogP contribution is -2.15. The number of pyridine rings is 1. The predicted octanol–water partition coefficient (Wildman–Crippen LogP) is 5.44. The van der Waals surface area contributed by atoms with Crippen LogP contribution in [-0.2, 0) is 0 Å². The van der Waals surface area contributed by atoms with E-state index in [-0.39, 0.29) is 0 Å². The lowest BCUT2D eigenvalue weighted by molar-refractivity contribution is 1.20. The topological polar surface area (TPSA) is 16.1 Å². The van der Waals surface area contributed by atoms with Crippen LogP contribution in [0.25, 0.3) is 32.9 Å². The number of hydrogen-bond donors (Lipinski definition) is 0. The second-order valence-electron chi connectivity index (χ2n) is 6.26. The fraction of sp³-hybridized carbons (Fsp3) is 0.0952. The van der Waals surface area contributed by atoms with Crippen LogP contribution in [0.15, 0.2) is 60.7 Å². The molecule has 1 aromatic heterocycles. The van der Waals surface area contributed by atoms with Crippen LogP contribution in [0.3, 0.4) is 0 Å². The number of benzene rings is 3. The molecule has 0 radical (unpaired) electrons. The Labute approximate surface area is 135 Å². The first-order valence-electron chi connectivity index (χ1n) is 7.90. The fourth-order valence-corrected chi connectivity index (χ4v) is 3.72. The van der Waals surface area contributed by atoms with Crippen molar-refractivity contribution in [3.63, 3.8) is 0 Å². The van der Waals surface area contributed by atoms with Crippen LogP contribution in [0.4, 0.5) is 11.4 Å². The van der Waals surface area contributed by atoms with Crippen molar-refractivity contribution in [2.45, 2.75) is 6.92 Å². The van der Waals surface area contributed by atoms with E-state index in [0.717, 1.165) is 11.2 Å². The molecule has 0 saturated carbocycles. The monoisotopic (exact) mass is 296 g/mol. The molecule has 0 unspecified atom stereocenters. The molecule has 3 aromatic carbocycles. The van der Waals surface area contributed by atoms with Crippen LogP contribution in [0.2, 0.25) is 0 Å². The molecule has 110 valence electrons. The summed E-state index contributed by atoms with van der Waals surface area (Å²) in [5, 5.41) is 3.78. The van der Waals surface area contributed by atoms with Gasteiger partial charge in [-0.3, -0.25) is 0 Å². The third-order valence-corrected chi connectivity index (χ3v) is 4.84. The average molecular weight is 296 g/mol. The van der Waals surface area contributed by atoms with Gasteiger partial charge in [-0.25, -0.2) is 4.98 Å². The minimum atomic E-state index is 1.06. The maximum Gasteiger partial charge on any atom is 0.0830 e. The maximum absolute atomic E-state index is 5.02. The minimum absolute atomic E-state index is 1.06. The van der Waals surface area contributed by atoms with Crippen LogP contribution in [0, 0.1) is 6.92 Å².